The summed E-state index contributed by atoms with van der Waals surface area (Å²) in [6, 6.07) is 8.50. The van der Waals surface area contributed by atoms with E-state index in [4.69, 9.17) is 9.47 Å². The van der Waals surface area contributed by atoms with Crippen LogP contribution in [0.25, 0.3) is 21.2 Å². The molecule has 2 aromatic heterocycles. The maximum atomic E-state index is 6.18. The SMILES string of the molecule is CN1CCC(Oc2cc3cc(-c4cnc(C#CC5CCOCC5)s4)ccc3cn2)CC1. The van der Waals surface area contributed by atoms with Crippen LogP contribution in [-0.4, -0.2) is 54.3 Å². The number of likely N-dealkylation sites (tertiary alicyclic amines) is 1. The van der Waals surface area contributed by atoms with Gasteiger partial charge in [-0.2, -0.15) is 0 Å². The number of aromatic nitrogens is 2. The largest absolute Gasteiger partial charge is 0.474 e. The molecule has 31 heavy (non-hydrogen) atoms. The minimum absolute atomic E-state index is 0.252. The van der Waals surface area contributed by atoms with Gasteiger partial charge in [-0.3, -0.25) is 0 Å². The highest BCUT2D eigenvalue weighted by Gasteiger charge is 2.18. The van der Waals surface area contributed by atoms with Crippen molar-refractivity contribution in [1.29, 1.82) is 0 Å². The summed E-state index contributed by atoms with van der Waals surface area (Å²) >= 11 is 1.65. The lowest BCUT2D eigenvalue weighted by molar-refractivity contribution is 0.0807. The molecular formula is C25H27N3O2S. The van der Waals surface area contributed by atoms with Crippen molar-refractivity contribution in [1.82, 2.24) is 14.9 Å². The molecule has 0 N–H and O–H groups in total. The number of hydrogen-bond acceptors (Lipinski definition) is 6. The lowest BCUT2D eigenvalue weighted by Gasteiger charge is -2.28. The molecule has 0 unspecified atom stereocenters. The van der Waals surface area contributed by atoms with E-state index < -0.39 is 0 Å². The van der Waals surface area contributed by atoms with Gasteiger partial charge in [0.1, 0.15) is 6.10 Å². The Balaban J connectivity index is 1.32. The second kappa shape index (κ2) is 9.35. The number of nitrogens with zero attached hydrogens (tertiary/aromatic N) is 3. The van der Waals surface area contributed by atoms with E-state index in [-0.39, 0.29) is 6.10 Å². The Kier molecular flexibility index (Phi) is 6.17. The Morgan fingerprint density at radius 2 is 1.87 bits per heavy atom. The van der Waals surface area contributed by atoms with Crippen molar-refractivity contribution < 1.29 is 9.47 Å². The fraction of sp³-hybridized carbons (Fsp3) is 0.440. The standard InChI is InChI=1S/C25H27N3O2S/c1-28-10-6-22(7-11-28)30-24-15-21-14-19(3-4-20(21)16-26-24)23-17-27-25(31-23)5-2-18-8-12-29-13-9-18/h3-4,14-18,22H,6-13H2,1H3. The summed E-state index contributed by atoms with van der Waals surface area (Å²) in [5.41, 5.74) is 1.15. The van der Waals surface area contributed by atoms with E-state index in [0.717, 1.165) is 78.2 Å². The van der Waals surface area contributed by atoms with Crippen LogP contribution < -0.4 is 4.74 Å². The first kappa shape index (κ1) is 20.4. The molecule has 1 aromatic carbocycles. The van der Waals surface area contributed by atoms with Gasteiger partial charge in [0.15, 0.2) is 5.01 Å². The number of hydrogen-bond donors (Lipinski definition) is 0. The molecule has 0 bridgehead atoms. The molecule has 0 amide bonds. The predicted molar refractivity (Wildman–Crippen MR) is 124 cm³/mol. The fourth-order valence-corrected chi connectivity index (χ4v) is 4.86. The van der Waals surface area contributed by atoms with Gasteiger partial charge < -0.3 is 14.4 Å². The molecule has 0 spiro atoms. The molecule has 2 fully saturated rings. The smallest absolute Gasteiger partial charge is 0.214 e. The van der Waals surface area contributed by atoms with E-state index in [1.54, 1.807) is 11.3 Å². The van der Waals surface area contributed by atoms with Crippen LogP contribution in [0.3, 0.4) is 0 Å². The fourth-order valence-electron chi connectivity index (χ4n) is 4.08. The summed E-state index contributed by atoms with van der Waals surface area (Å²) in [6.07, 6.45) is 8.22. The van der Waals surface area contributed by atoms with Crippen LogP contribution in [-0.2, 0) is 4.74 Å². The second-order valence-corrected chi connectivity index (χ2v) is 9.42. The van der Waals surface area contributed by atoms with Crippen LogP contribution in [0.1, 0.15) is 30.7 Å². The van der Waals surface area contributed by atoms with Gasteiger partial charge in [-0.1, -0.05) is 18.1 Å². The molecular weight excluding hydrogens is 406 g/mol. The molecule has 0 atom stereocenters. The van der Waals surface area contributed by atoms with Crippen LogP contribution >= 0.6 is 11.3 Å². The van der Waals surface area contributed by atoms with Crippen molar-refractivity contribution >= 4 is 22.1 Å². The zero-order valence-corrected chi connectivity index (χ0v) is 18.7. The monoisotopic (exact) mass is 433 g/mol. The van der Waals surface area contributed by atoms with Gasteiger partial charge in [-0.25, -0.2) is 9.97 Å². The minimum atomic E-state index is 0.252. The Morgan fingerprint density at radius 3 is 2.71 bits per heavy atom. The number of pyridine rings is 1. The van der Waals surface area contributed by atoms with E-state index >= 15 is 0 Å². The van der Waals surface area contributed by atoms with Gasteiger partial charge in [0.25, 0.3) is 0 Å². The number of benzene rings is 1. The van der Waals surface area contributed by atoms with Crippen LogP contribution in [0.2, 0.25) is 0 Å². The van der Waals surface area contributed by atoms with Gasteiger partial charge in [0, 0.05) is 56.1 Å². The topological polar surface area (TPSA) is 47.5 Å². The second-order valence-electron chi connectivity index (χ2n) is 8.39. The van der Waals surface area contributed by atoms with Crippen LogP contribution in [0, 0.1) is 17.8 Å². The molecule has 6 heteroatoms. The van der Waals surface area contributed by atoms with Crippen LogP contribution in [0.4, 0.5) is 0 Å². The van der Waals surface area contributed by atoms with Crippen molar-refractivity contribution in [3.8, 4) is 28.2 Å². The van der Waals surface area contributed by atoms with Gasteiger partial charge in [0.05, 0.1) is 4.88 Å². The lowest BCUT2D eigenvalue weighted by atomic mass is 10.0. The number of rotatable bonds is 3. The lowest BCUT2D eigenvalue weighted by Crippen LogP contribution is -2.35. The van der Waals surface area contributed by atoms with Gasteiger partial charge >= 0.3 is 0 Å². The van der Waals surface area contributed by atoms with Gasteiger partial charge in [-0.15, -0.1) is 11.3 Å². The molecule has 160 valence electrons. The molecule has 4 heterocycles. The maximum absolute atomic E-state index is 6.18. The summed E-state index contributed by atoms with van der Waals surface area (Å²) in [5.74, 6) is 7.78. The van der Waals surface area contributed by atoms with E-state index in [1.807, 2.05) is 12.4 Å². The summed E-state index contributed by atoms with van der Waals surface area (Å²) in [4.78, 5) is 12.5. The highest BCUT2D eigenvalue weighted by molar-refractivity contribution is 7.15. The van der Waals surface area contributed by atoms with E-state index in [9.17, 15) is 0 Å². The molecule has 2 aliphatic rings. The van der Waals surface area contributed by atoms with Gasteiger partial charge in [0.2, 0.25) is 5.88 Å². The number of piperidine rings is 1. The van der Waals surface area contributed by atoms with E-state index in [2.05, 4.69) is 58.0 Å². The first-order valence-corrected chi connectivity index (χ1v) is 11.8. The Bertz CT molecular complexity index is 1100. The first-order chi connectivity index (χ1) is 15.2. The highest BCUT2D eigenvalue weighted by atomic mass is 32.1. The van der Waals surface area contributed by atoms with Crippen molar-refractivity contribution in [3.05, 3.63) is 41.7 Å². The minimum Gasteiger partial charge on any atom is -0.474 e. The zero-order valence-electron chi connectivity index (χ0n) is 17.8. The van der Waals surface area contributed by atoms with E-state index in [0.29, 0.717) is 11.8 Å². The van der Waals surface area contributed by atoms with Crippen LogP contribution in [0.15, 0.2) is 36.7 Å². The third-order valence-electron chi connectivity index (χ3n) is 6.04. The summed E-state index contributed by atoms with van der Waals surface area (Å²) in [6.45, 7) is 3.79. The quantitative estimate of drug-likeness (QED) is 0.565. The van der Waals surface area contributed by atoms with Crippen molar-refractivity contribution in [2.45, 2.75) is 31.8 Å². The average Bonchev–Trinajstić information content (AvgIpc) is 3.29. The van der Waals surface area contributed by atoms with Crippen molar-refractivity contribution in [3.63, 3.8) is 0 Å². The average molecular weight is 434 g/mol. The Morgan fingerprint density at radius 1 is 1.03 bits per heavy atom. The molecule has 0 radical (unpaired) electrons. The van der Waals surface area contributed by atoms with Crippen LogP contribution in [0.5, 0.6) is 5.88 Å². The van der Waals surface area contributed by atoms with E-state index in [1.165, 1.54) is 0 Å². The molecule has 5 nitrogen and oxygen atoms in total. The summed E-state index contributed by atoms with van der Waals surface area (Å²) < 4.78 is 11.6. The van der Waals surface area contributed by atoms with Gasteiger partial charge in [-0.05, 0) is 55.7 Å². The molecule has 2 saturated heterocycles. The molecule has 0 aliphatic carbocycles. The molecule has 0 saturated carbocycles. The number of ether oxygens (including phenoxy) is 2. The van der Waals surface area contributed by atoms with Crippen molar-refractivity contribution in [2.75, 3.05) is 33.4 Å². The zero-order chi connectivity index (χ0) is 21.0. The Hall–Kier alpha value is -2.46. The highest BCUT2D eigenvalue weighted by Crippen LogP contribution is 2.30. The third kappa shape index (κ3) is 5.07. The molecule has 3 aromatic rings. The summed E-state index contributed by atoms with van der Waals surface area (Å²) in [7, 11) is 2.16. The maximum Gasteiger partial charge on any atom is 0.214 e. The number of thiazole rings is 1. The van der Waals surface area contributed by atoms with Crippen molar-refractivity contribution in [2.24, 2.45) is 5.92 Å². The molecule has 2 aliphatic heterocycles. The third-order valence-corrected chi connectivity index (χ3v) is 7.01. The number of fused-ring (bicyclic) bond motifs is 1. The first-order valence-electron chi connectivity index (χ1n) is 11.0. The summed E-state index contributed by atoms with van der Waals surface area (Å²) in [5, 5.41) is 3.13. The Labute approximate surface area is 187 Å². The normalized spacial score (nSPS) is 18.6. The predicted octanol–water partition coefficient (Wildman–Crippen LogP) is 4.61. The molecule has 5 rings (SSSR count).